The van der Waals surface area contributed by atoms with Crippen molar-refractivity contribution in [1.29, 1.82) is 0 Å². The molecule has 1 unspecified atom stereocenters. The molecule has 0 aromatic heterocycles. The second-order valence-corrected chi connectivity index (χ2v) is 15.1. The maximum atomic E-state index is 14.5. The van der Waals surface area contributed by atoms with Crippen molar-refractivity contribution in [2.75, 3.05) is 6.61 Å². The largest absolute Gasteiger partial charge is 0.449 e. The average molecular weight is 712 g/mol. The van der Waals surface area contributed by atoms with Crippen LogP contribution in [0.5, 0.6) is 0 Å². The fraction of sp³-hybridized carbons (Fsp3) is 0.304. The second kappa shape index (κ2) is 15.4. The molecule has 5 aromatic carbocycles. The number of hydrogen-bond acceptors (Lipinski definition) is 4. The predicted molar refractivity (Wildman–Crippen MR) is 208 cm³/mol. The van der Waals surface area contributed by atoms with Crippen LogP contribution in [0.2, 0.25) is 5.02 Å². The Hall–Kier alpha value is -4.87. The molecule has 0 radical (unpaired) electrons. The molecule has 2 aliphatic carbocycles. The highest BCUT2D eigenvalue weighted by molar-refractivity contribution is 6.31. The number of ether oxygens (including phenoxy) is 2. The lowest BCUT2D eigenvalue weighted by molar-refractivity contribution is -0.160. The lowest BCUT2D eigenvalue weighted by Gasteiger charge is -2.38. The van der Waals surface area contributed by atoms with E-state index >= 15 is 0 Å². The first-order chi connectivity index (χ1) is 25.3. The van der Waals surface area contributed by atoms with Gasteiger partial charge >= 0.3 is 12.1 Å². The molecule has 0 saturated heterocycles. The van der Waals surface area contributed by atoms with Crippen molar-refractivity contribution in [3.8, 4) is 11.1 Å². The molecule has 1 atom stereocenters. The minimum Gasteiger partial charge on any atom is -0.449 e. The minimum atomic E-state index is -1.46. The number of nitrogens with one attached hydrogen (secondary N) is 1. The normalized spacial score (nSPS) is 16.1. The molecule has 1 fully saturated rings. The number of carbonyl (C=O) groups excluding carboxylic acids is 2. The van der Waals surface area contributed by atoms with Crippen LogP contribution in [0.1, 0.15) is 104 Å². The number of benzene rings is 5. The molecule has 1 amide bonds. The van der Waals surface area contributed by atoms with Crippen LogP contribution in [-0.4, -0.2) is 24.2 Å². The molecule has 0 aliphatic heterocycles. The molecule has 1 saturated carbocycles. The summed E-state index contributed by atoms with van der Waals surface area (Å²) in [6.45, 7) is 3.40. The summed E-state index contributed by atoms with van der Waals surface area (Å²) in [7, 11) is 0. The number of amides is 1. The highest BCUT2D eigenvalue weighted by Crippen LogP contribution is 2.46. The van der Waals surface area contributed by atoms with Gasteiger partial charge in [-0.1, -0.05) is 165 Å². The first-order valence-electron chi connectivity index (χ1n) is 18.6. The van der Waals surface area contributed by atoms with Gasteiger partial charge in [0.1, 0.15) is 12.1 Å². The summed E-state index contributed by atoms with van der Waals surface area (Å²) < 4.78 is 12.6. The zero-order valence-corrected chi connectivity index (χ0v) is 30.7. The molecule has 2 aliphatic rings. The van der Waals surface area contributed by atoms with Gasteiger partial charge in [-0.2, -0.15) is 0 Å². The van der Waals surface area contributed by atoms with Gasteiger partial charge in [0, 0.05) is 27.6 Å². The molecule has 5 nitrogen and oxygen atoms in total. The van der Waals surface area contributed by atoms with Crippen LogP contribution >= 0.6 is 11.6 Å². The standard InChI is InChI=1S/C46H46ClNO4/c1-45(2,48-44(50)51-31-40-38-23-13-11-21-36(38)37-22-12-14-24-39(37)40)43(49)52-46(34-19-9-6-10-20-34,41-25-15-16-26-42(41)47)35-29-27-33(28-30-35)32-17-7-4-3-5-8-18-32/h6,9-16,19-30,32,40H,3-5,7-8,17-18,31H2,1-2H3,(H,48,50). The van der Waals surface area contributed by atoms with E-state index in [0.717, 1.165) is 33.4 Å². The van der Waals surface area contributed by atoms with E-state index in [1.54, 1.807) is 13.8 Å². The zero-order valence-electron chi connectivity index (χ0n) is 29.9. The third-order valence-corrected chi connectivity index (χ3v) is 11.2. The van der Waals surface area contributed by atoms with E-state index in [1.807, 2.05) is 78.9 Å². The van der Waals surface area contributed by atoms with E-state index in [0.29, 0.717) is 16.5 Å². The molecule has 0 spiro atoms. The van der Waals surface area contributed by atoms with Gasteiger partial charge in [-0.3, -0.25) is 0 Å². The molecule has 1 N–H and O–H groups in total. The van der Waals surface area contributed by atoms with Crippen molar-refractivity contribution in [2.45, 2.75) is 81.8 Å². The Balaban J connectivity index is 1.17. The van der Waals surface area contributed by atoms with E-state index < -0.39 is 23.2 Å². The molecule has 0 bridgehead atoms. The number of hydrogen-bond donors (Lipinski definition) is 1. The zero-order chi connectivity index (χ0) is 36.1. The number of carbonyl (C=O) groups is 2. The van der Waals surface area contributed by atoms with E-state index in [-0.39, 0.29) is 12.5 Å². The maximum absolute atomic E-state index is 14.5. The van der Waals surface area contributed by atoms with Gasteiger partial charge in [0.2, 0.25) is 0 Å². The minimum absolute atomic E-state index is 0.107. The van der Waals surface area contributed by atoms with Gasteiger partial charge in [-0.15, -0.1) is 0 Å². The number of esters is 1. The Labute approximate surface area is 312 Å². The van der Waals surface area contributed by atoms with Crippen LogP contribution in [-0.2, 0) is 19.9 Å². The first kappa shape index (κ1) is 35.5. The smallest absolute Gasteiger partial charge is 0.408 e. The van der Waals surface area contributed by atoms with Crippen LogP contribution in [0.4, 0.5) is 4.79 Å². The lowest BCUT2D eigenvalue weighted by atomic mass is 9.78. The van der Waals surface area contributed by atoms with Crippen molar-refractivity contribution in [2.24, 2.45) is 0 Å². The van der Waals surface area contributed by atoms with E-state index in [9.17, 15) is 9.59 Å². The van der Waals surface area contributed by atoms with E-state index in [4.69, 9.17) is 21.1 Å². The number of rotatable bonds is 9. The molecular weight excluding hydrogens is 666 g/mol. The average Bonchev–Trinajstić information content (AvgIpc) is 3.47. The van der Waals surface area contributed by atoms with Gasteiger partial charge in [0.25, 0.3) is 0 Å². The molecule has 7 rings (SSSR count). The van der Waals surface area contributed by atoms with Crippen molar-refractivity contribution >= 4 is 23.7 Å². The van der Waals surface area contributed by atoms with Crippen molar-refractivity contribution in [3.05, 3.63) is 166 Å². The fourth-order valence-electron chi connectivity index (χ4n) is 8.06. The number of fused-ring (bicyclic) bond motifs is 3. The van der Waals surface area contributed by atoms with E-state index in [1.165, 1.54) is 50.5 Å². The molecule has 52 heavy (non-hydrogen) atoms. The molecule has 6 heteroatoms. The van der Waals surface area contributed by atoms with Gasteiger partial charge in [0.15, 0.2) is 5.60 Å². The van der Waals surface area contributed by atoms with Crippen LogP contribution in [0.25, 0.3) is 11.1 Å². The molecule has 5 aromatic rings. The van der Waals surface area contributed by atoms with Crippen molar-refractivity contribution in [3.63, 3.8) is 0 Å². The SMILES string of the molecule is CC(C)(NC(=O)OCC1c2ccccc2-c2ccccc21)C(=O)OC(c1ccccc1)(c1ccc(C2CCCCCCC2)cc1)c1ccccc1Cl. The summed E-state index contributed by atoms with van der Waals surface area (Å²) in [5, 5.41) is 3.28. The summed E-state index contributed by atoms with van der Waals surface area (Å²) >= 11 is 6.97. The Bertz CT molecular complexity index is 1970. The topological polar surface area (TPSA) is 64.6 Å². The summed E-state index contributed by atoms with van der Waals surface area (Å²) in [4.78, 5) is 27.9. The van der Waals surface area contributed by atoms with Gasteiger partial charge in [-0.25, -0.2) is 9.59 Å². The first-order valence-corrected chi connectivity index (χ1v) is 18.9. The Morgan fingerprint density at radius 3 is 1.85 bits per heavy atom. The fourth-order valence-corrected chi connectivity index (χ4v) is 8.33. The summed E-state index contributed by atoms with van der Waals surface area (Å²) in [6, 6.07) is 42.1. The lowest BCUT2D eigenvalue weighted by Crippen LogP contribution is -2.53. The third kappa shape index (κ3) is 7.12. The van der Waals surface area contributed by atoms with Gasteiger partial charge < -0.3 is 14.8 Å². The van der Waals surface area contributed by atoms with Crippen LogP contribution in [0, 0.1) is 0 Å². The third-order valence-electron chi connectivity index (χ3n) is 10.8. The Morgan fingerprint density at radius 2 is 1.21 bits per heavy atom. The number of halogens is 1. The van der Waals surface area contributed by atoms with Gasteiger partial charge in [0.05, 0.1) is 0 Å². The Morgan fingerprint density at radius 1 is 0.673 bits per heavy atom. The number of alkyl carbamates (subject to hydrolysis) is 1. The predicted octanol–water partition coefficient (Wildman–Crippen LogP) is 11.3. The molecular formula is C46H46ClNO4. The maximum Gasteiger partial charge on any atom is 0.408 e. The van der Waals surface area contributed by atoms with Crippen molar-refractivity contribution < 1.29 is 19.1 Å². The van der Waals surface area contributed by atoms with Crippen LogP contribution in [0.15, 0.2) is 127 Å². The molecule has 266 valence electrons. The highest BCUT2D eigenvalue weighted by atomic mass is 35.5. The highest BCUT2D eigenvalue weighted by Gasteiger charge is 2.46. The summed E-state index contributed by atoms with van der Waals surface area (Å²) in [6.07, 6.45) is 8.03. The Kier molecular flexibility index (Phi) is 10.5. The summed E-state index contributed by atoms with van der Waals surface area (Å²) in [5.41, 5.74) is 5.10. The summed E-state index contributed by atoms with van der Waals surface area (Å²) in [5.74, 6) is -0.234. The van der Waals surface area contributed by atoms with Crippen molar-refractivity contribution in [1.82, 2.24) is 5.32 Å². The second-order valence-electron chi connectivity index (χ2n) is 14.7. The van der Waals surface area contributed by atoms with Gasteiger partial charge in [-0.05, 0) is 66.5 Å². The van der Waals surface area contributed by atoms with E-state index in [2.05, 4.69) is 53.8 Å². The quantitative estimate of drug-likeness (QED) is 0.122. The van der Waals surface area contributed by atoms with Crippen LogP contribution in [0.3, 0.4) is 0 Å². The monoisotopic (exact) mass is 711 g/mol. The molecule has 0 heterocycles. The van der Waals surface area contributed by atoms with Crippen LogP contribution < -0.4 is 5.32 Å².